The van der Waals surface area contributed by atoms with E-state index < -0.39 is 0 Å². The monoisotopic (exact) mass is 368 g/mol. The number of rotatable bonds is 2. The molecule has 0 aliphatic heterocycles. The summed E-state index contributed by atoms with van der Waals surface area (Å²) in [5.74, 6) is 1.12. The van der Waals surface area contributed by atoms with Gasteiger partial charge in [0.1, 0.15) is 5.75 Å². The quantitative estimate of drug-likeness (QED) is 0.616. The van der Waals surface area contributed by atoms with Gasteiger partial charge in [0.15, 0.2) is 5.75 Å². The summed E-state index contributed by atoms with van der Waals surface area (Å²) in [5, 5.41) is 1.52. The highest BCUT2D eigenvalue weighted by molar-refractivity contribution is 9.10. The standard InChI is InChI=1S/C14H10BrClN2OS/c1-7-18-11-6-13(10(17)5-14(11)20-7)19-12-3-2-8(15)4-9(12)16/h2-6H,17H2,1H3. The Hall–Kier alpha value is -1.30. The molecule has 0 saturated carbocycles. The fourth-order valence-corrected chi connectivity index (χ4v) is 3.42. The molecule has 0 saturated heterocycles. The first-order valence-corrected chi connectivity index (χ1v) is 7.81. The van der Waals surface area contributed by atoms with E-state index in [1.54, 1.807) is 23.5 Å². The van der Waals surface area contributed by atoms with Crippen LogP contribution in [-0.4, -0.2) is 4.98 Å². The highest BCUT2D eigenvalue weighted by Crippen LogP contribution is 2.37. The predicted octanol–water partition coefficient (Wildman–Crippen LogP) is 5.40. The van der Waals surface area contributed by atoms with Gasteiger partial charge in [0.25, 0.3) is 0 Å². The zero-order valence-corrected chi connectivity index (χ0v) is 13.6. The number of hydrogen-bond donors (Lipinski definition) is 1. The topological polar surface area (TPSA) is 48.1 Å². The van der Waals surface area contributed by atoms with E-state index in [-0.39, 0.29) is 0 Å². The van der Waals surface area contributed by atoms with Crippen LogP contribution < -0.4 is 10.5 Å². The molecule has 6 heteroatoms. The Balaban J connectivity index is 2.03. The molecule has 3 nitrogen and oxygen atoms in total. The Bertz CT molecular complexity index is 803. The zero-order chi connectivity index (χ0) is 14.3. The van der Waals surface area contributed by atoms with Crippen LogP contribution in [0.4, 0.5) is 5.69 Å². The lowest BCUT2D eigenvalue weighted by Crippen LogP contribution is -1.92. The predicted molar refractivity (Wildman–Crippen MR) is 88.0 cm³/mol. The van der Waals surface area contributed by atoms with Gasteiger partial charge in [-0.15, -0.1) is 11.3 Å². The molecule has 20 heavy (non-hydrogen) atoms. The molecule has 3 rings (SSSR count). The van der Waals surface area contributed by atoms with Crippen molar-refractivity contribution >= 4 is 54.8 Å². The van der Waals surface area contributed by atoms with E-state index >= 15 is 0 Å². The van der Waals surface area contributed by atoms with Gasteiger partial charge < -0.3 is 10.5 Å². The Morgan fingerprint density at radius 3 is 2.80 bits per heavy atom. The lowest BCUT2D eigenvalue weighted by atomic mass is 10.2. The number of benzene rings is 2. The molecule has 0 radical (unpaired) electrons. The van der Waals surface area contributed by atoms with Crippen molar-refractivity contribution in [1.82, 2.24) is 4.98 Å². The molecular weight excluding hydrogens is 360 g/mol. The van der Waals surface area contributed by atoms with Crippen LogP contribution in [0.25, 0.3) is 10.2 Å². The number of hydrogen-bond acceptors (Lipinski definition) is 4. The van der Waals surface area contributed by atoms with Gasteiger partial charge in [0.05, 0.1) is 25.9 Å². The molecule has 3 aromatic rings. The summed E-state index contributed by atoms with van der Waals surface area (Å²) in [6.07, 6.45) is 0. The van der Waals surface area contributed by atoms with Crippen molar-refractivity contribution in [3.63, 3.8) is 0 Å². The number of anilines is 1. The smallest absolute Gasteiger partial charge is 0.152 e. The Labute approximate surface area is 133 Å². The van der Waals surface area contributed by atoms with Crippen molar-refractivity contribution in [3.8, 4) is 11.5 Å². The van der Waals surface area contributed by atoms with E-state index in [9.17, 15) is 0 Å². The number of nitrogen functional groups attached to an aromatic ring is 1. The molecule has 1 heterocycles. The van der Waals surface area contributed by atoms with Gasteiger partial charge in [-0.25, -0.2) is 4.98 Å². The number of halogens is 2. The van der Waals surface area contributed by atoms with Gasteiger partial charge in [-0.05, 0) is 31.2 Å². The molecule has 0 bridgehead atoms. The maximum absolute atomic E-state index is 6.14. The fraction of sp³-hybridized carbons (Fsp3) is 0.0714. The minimum atomic E-state index is 0.522. The number of ether oxygens (including phenoxy) is 1. The van der Waals surface area contributed by atoms with E-state index in [1.807, 2.05) is 25.1 Å². The first-order chi connectivity index (χ1) is 9.52. The Morgan fingerprint density at radius 2 is 2.05 bits per heavy atom. The normalized spacial score (nSPS) is 10.9. The van der Waals surface area contributed by atoms with Gasteiger partial charge >= 0.3 is 0 Å². The number of nitrogens with zero attached hydrogens (tertiary/aromatic N) is 1. The number of nitrogens with two attached hydrogens (primary N) is 1. The molecule has 0 aliphatic rings. The van der Waals surface area contributed by atoms with Crippen LogP contribution in [0.3, 0.4) is 0 Å². The van der Waals surface area contributed by atoms with Crippen LogP contribution in [0.15, 0.2) is 34.8 Å². The van der Waals surface area contributed by atoms with Crippen molar-refractivity contribution in [1.29, 1.82) is 0 Å². The molecule has 102 valence electrons. The summed E-state index contributed by atoms with van der Waals surface area (Å²) in [5.41, 5.74) is 7.47. The summed E-state index contributed by atoms with van der Waals surface area (Å²) in [7, 11) is 0. The number of fused-ring (bicyclic) bond motifs is 1. The highest BCUT2D eigenvalue weighted by atomic mass is 79.9. The van der Waals surface area contributed by atoms with E-state index in [0.717, 1.165) is 19.7 Å². The molecule has 0 aliphatic carbocycles. The summed E-state index contributed by atoms with van der Waals surface area (Å²) in [6, 6.07) is 9.15. The average molecular weight is 370 g/mol. The molecule has 0 spiro atoms. The molecule has 2 N–H and O–H groups in total. The van der Waals surface area contributed by atoms with Gasteiger partial charge in [0.2, 0.25) is 0 Å². The number of thiazole rings is 1. The van der Waals surface area contributed by atoms with Crippen molar-refractivity contribution in [2.45, 2.75) is 6.92 Å². The van der Waals surface area contributed by atoms with Crippen molar-refractivity contribution < 1.29 is 4.74 Å². The zero-order valence-electron chi connectivity index (χ0n) is 10.5. The fourth-order valence-electron chi connectivity index (χ4n) is 1.85. The average Bonchev–Trinajstić information content (AvgIpc) is 2.72. The van der Waals surface area contributed by atoms with Crippen molar-refractivity contribution in [2.24, 2.45) is 0 Å². The van der Waals surface area contributed by atoms with E-state index in [4.69, 9.17) is 22.1 Å². The second-order valence-electron chi connectivity index (χ2n) is 4.27. The van der Waals surface area contributed by atoms with Crippen LogP contribution in [0.5, 0.6) is 11.5 Å². The van der Waals surface area contributed by atoms with Crippen LogP contribution in [0, 0.1) is 6.92 Å². The molecule has 0 amide bonds. The third-order valence-corrected chi connectivity index (χ3v) is 4.46. The molecule has 1 aromatic heterocycles. The molecule has 0 fully saturated rings. The van der Waals surface area contributed by atoms with Gasteiger partial charge in [-0.3, -0.25) is 0 Å². The second kappa shape index (κ2) is 5.24. The molecular formula is C14H10BrClN2OS. The summed E-state index contributed by atoms with van der Waals surface area (Å²) in [4.78, 5) is 4.44. The van der Waals surface area contributed by atoms with Gasteiger partial charge in [-0.2, -0.15) is 0 Å². The SMILES string of the molecule is Cc1nc2cc(Oc3ccc(Br)cc3Cl)c(N)cc2s1. The maximum atomic E-state index is 6.14. The molecule has 0 atom stereocenters. The number of aryl methyl sites for hydroxylation is 1. The van der Waals surface area contributed by atoms with Gasteiger partial charge in [-0.1, -0.05) is 27.5 Å². The summed E-state index contributed by atoms with van der Waals surface area (Å²) < 4.78 is 7.75. The van der Waals surface area contributed by atoms with Crippen molar-refractivity contribution in [3.05, 3.63) is 44.8 Å². The maximum Gasteiger partial charge on any atom is 0.152 e. The van der Waals surface area contributed by atoms with Gasteiger partial charge in [0, 0.05) is 10.5 Å². The van der Waals surface area contributed by atoms with Crippen LogP contribution in [-0.2, 0) is 0 Å². The Kier molecular flexibility index (Phi) is 3.58. The first-order valence-electron chi connectivity index (χ1n) is 5.82. The van der Waals surface area contributed by atoms with Crippen LogP contribution >= 0.6 is 38.9 Å². The van der Waals surface area contributed by atoms with Crippen LogP contribution in [0.2, 0.25) is 5.02 Å². The van der Waals surface area contributed by atoms with E-state index in [1.165, 1.54) is 0 Å². The number of aromatic nitrogens is 1. The summed E-state index contributed by atoms with van der Waals surface area (Å²) >= 11 is 11.1. The third-order valence-electron chi connectivity index (χ3n) is 2.74. The summed E-state index contributed by atoms with van der Waals surface area (Å²) in [6.45, 7) is 1.97. The lowest BCUT2D eigenvalue weighted by Gasteiger charge is -2.10. The van der Waals surface area contributed by atoms with E-state index in [0.29, 0.717) is 22.2 Å². The minimum Gasteiger partial charge on any atom is -0.454 e. The van der Waals surface area contributed by atoms with Crippen LogP contribution in [0.1, 0.15) is 5.01 Å². The highest BCUT2D eigenvalue weighted by Gasteiger charge is 2.10. The largest absolute Gasteiger partial charge is 0.454 e. The third kappa shape index (κ3) is 2.61. The second-order valence-corrected chi connectivity index (χ2v) is 6.83. The lowest BCUT2D eigenvalue weighted by molar-refractivity contribution is 0.486. The van der Waals surface area contributed by atoms with Crippen molar-refractivity contribution in [2.75, 3.05) is 5.73 Å². The molecule has 0 unspecified atom stereocenters. The van der Waals surface area contributed by atoms with E-state index in [2.05, 4.69) is 20.9 Å². The molecule has 2 aromatic carbocycles. The Morgan fingerprint density at radius 1 is 1.25 bits per heavy atom. The minimum absolute atomic E-state index is 0.522. The first kappa shape index (κ1) is 13.7.